The Balaban J connectivity index is 1.49. The number of amides is 2. The number of nitrogens with zero attached hydrogens (tertiary/aromatic N) is 4. The number of carbonyl (C=O) groups is 1. The molecule has 0 saturated carbocycles. The minimum atomic E-state index is -0.309. The van der Waals surface area contributed by atoms with Gasteiger partial charge in [-0.2, -0.15) is 4.98 Å². The minimum Gasteiger partial charge on any atom is -0.377 e. The van der Waals surface area contributed by atoms with E-state index in [9.17, 15) is 4.79 Å². The molecule has 1 atom stereocenters. The molecular formula is C16H27N5O3. The fourth-order valence-corrected chi connectivity index (χ4v) is 3.21. The summed E-state index contributed by atoms with van der Waals surface area (Å²) in [6.45, 7) is 9.31. The standard InChI is InChI=1S/C16H27N5O3/c1-12-3-6-20(7-4-12)8-5-17-16(22)21-9-10-23-11-14(21)15-18-13(2)19-24-15/h12,14H,3-11H2,1-2H3,(H,17,22). The molecule has 2 amide bonds. The zero-order chi connectivity index (χ0) is 16.9. The van der Waals surface area contributed by atoms with Crippen molar-refractivity contribution in [3.8, 4) is 0 Å². The molecule has 24 heavy (non-hydrogen) atoms. The zero-order valence-electron chi connectivity index (χ0n) is 14.5. The average molecular weight is 337 g/mol. The molecule has 2 saturated heterocycles. The molecule has 2 fully saturated rings. The van der Waals surface area contributed by atoms with Gasteiger partial charge in [0, 0.05) is 19.6 Å². The molecule has 134 valence electrons. The van der Waals surface area contributed by atoms with Gasteiger partial charge < -0.3 is 24.4 Å². The first-order valence-corrected chi connectivity index (χ1v) is 8.78. The molecule has 1 N–H and O–H groups in total. The van der Waals surface area contributed by atoms with Gasteiger partial charge in [-0.25, -0.2) is 4.79 Å². The molecule has 8 heteroatoms. The Hall–Kier alpha value is -1.67. The van der Waals surface area contributed by atoms with E-state index >= 15 is 0 Å². The van der Waals surface area contributed by atoms with Crippen molar-refractivity contribution in [2.75, 3.05) is 45.9 Å². The highest BCUT2D eigenvalue weighted by atomic mass is 16.5. The first kappa shape index (κ1) is 17.2. The number of nitrogens with one attached hydrogen (secondary N) is 1. The fraction of sp³-hybridized carbons (Fsp3) is 0.812. The molecule has 2 aliphatic heterocycles. The molecule has 0 spiro atoms. The van der Waals surface area contributed by atoms with E-state index in [1.165, 1.54) is 12.8 Å². The zero-order valence-corrected chi connectivity index (χ0v) is 14.5. The van der Waals surface area contributed by atoms with E-state index in [-0.39, 0.29) is 12.1 Å². The van der Waals surface area contributed by atoms with Crippen molar-refractivity contribution < 1.29 is 14.1 Å². The number of likely N-dealkylation sites (tertiary alicyclic amines) is 1. The van der Waals surface area contributed by atoms with Crippen LogP contribution in [0, 0.1) is 12.8 Å². The van der Waals surface area contributed by atoms with Crippen molar-refractivity contribution in [3.63, 3.8) is 0 Å². The molecule has 0 aliphatic carbocycles. The van der Waals surface area contributed by atoms with Crippen LogP contribution in [0.3, 0.4) is 0 Å². The maximum atomic E-state index is 12.5. The molecule has 0 radical (unpaired) electrons. The number of rotatable bonds is 4. The Morgan fingerprint density at radius 2 is 2.12 bits per heavy atom. The Labute approximate surface area is 142 Å². The van der Waals surface area contributed by atoms with Crippen molar-refractivity contribution in [1.29, 1.82) is 0 Å². The molecular weight excluding hydrogens is 310 g/mol. The van der Waals surface area contributed by atoms with Gasteiger partial charge in [0.05, 0.1) is 13.2 Å². The van der Waals surface area contributed by atoms with Gasteiger partial charge in [0.25, 0.3) is 5.89 Å². The van der Waals surface area contributed by atoms with Gasteiger partial charge in [-0.05, 0) is 38.8 Å². The predicted octanol–water partition coefficient (Wildman–Crippen LogP) is 1.19. The monoisotopic (exact) mass is 337 g/mol. The van der Waals surface area contributed by atoms with Crippen LogP contribution in [0.4, 0.5) is 4.79 Å². The van der Waals surface area contributed by atoms with Gasteiger partial charge in [0.15, 0.2) is 5.82 Å². The summed E-state index contributed by atoms with van der Waals surface area (Å²) >= 11 is 0. The van der Waals surface area contributed by atoms with E-state index in [0.29, 0.717) is 38.0 Å². The summed E-state index contributed by atoms with van der Waals surface area (Å²) < 4.78 is 10.7. The highest BCUT2D eigenvalue weighted by Gasteiger charge is 2.32. The second-order valence-electron chi connectivity index (χ2n) is 6.72. The number of morpholine rings is 1. The highest BCUT2D eigenvalue weighted by molar-refractivity contribution is 5.74. The van der Waals surface area contributed by atoms with Crippen LogP contribution in [0.2, 0.25) is 0 Å². The molecule has 1 aromatic heterocycles. The molecule has 1 aromatic rings. The van der Waals surface area contributed by atoms with E-state index in [0.717, 1.165) is 25.6 Å². The lowest BCUT2D eigenvalue weighted by atomic mass is 9.99. The smallest absolute Gasteiger partial charge is 0.318 e. The van der Waals surface area contributed by atoms with Gasteiger partial charge in [0.2, 0.25) is 0 Å². The van der Waals surface area contributed by atoms with Gasteiger partial charge in [0.1, 0.15) is 6.04 Å². The minimum absolute atomic E-state index is 0.0930. The third kappa shape index (κ3) is 4.24. The largest absolute Gasteiger partial charge is 0.377 e. The first-order valence-electron chi connectivity index (χ1n) is 8.78. The summed E-state index contributed by atoms with van der Waals surface area (Å²) in [5, 5.41) is 6.83. The highest BCUT2D eigenvalue weighted by Crippen LogP contribution is 2.22. The summed E-state index contributed by atoms with van der Waals surface area (Å²) in [6.07, 6.45) is 2.49. The van der Waals surface area contributed by atoms with Crippen molar-refractivity contribution >= 4 is 6.03 Å². The average Bonchev–Trinajstić information content (AvgIpc) is 3.03. The van der Waals surface area contributed by atoms with Crippen molar-refractivity contribution in [3.05, 3.63) is 11.7 Å². The summed E-state index contributed by atoms with van der Waals surface area (Å²) in [4.78, 5) is 20.9. The van der Waals surface area contributed by atoms with E-state index < -0.39 is 0 Å². The molecule has 0 bridgehead atoms. The van der Waals surface area contributed by atoms with Crippen LogP contribution >= 0.6 is 0 Å². The first-order chi connectivity index (χ1) is 11.6. The Morgan fingerprint density at radius 1 is 1.33 bits per heavy atom. The van der Waals surface area contributed by atoms with Crippen LogP contribution in [-0.2, 0) is 4.74 Å². The molecule has 3 rings (SSSR count). The number of aromatic nitrogens is 2. The fourth-order valence-electron chi connectivity index (χ4n) is 3.21. The van der Waals surface area contributed by atoms with Crippen LogP contribution in [0.1, 0.15) is 37.5 Å². The third-order valence-electron chi connectivity index (χ3n) is 4.80. The number of aryl methyl sites for hydroxylation is 1. The van der Waals surface area contributed by atoms with Crippen molar-refractivity contribution in [2.24, 2.45) is 5.92 Å². The number of urea groups is 1. The van der Waals surface area contributed by atoms with Crippen LogP contribution in [0.5, 0.6) is 0 Å². The number of ether oxygens (including phenoxy) is 1. The Bertz CT molecular complexity index is 542. The Morgan fingerprint density at radius 3 is 2.83 bits per heavy atom. The van der Waals surface area contributed by atoms with Crippen LogP contribution in [0.25, 0.3) is 0 Å². The summed E-state index contributed by atoms with van der Waals surface area (Å²) in [5.74, 6) is 1.82. The van der Waals surface area contributed by atoms with Crippen LogP contribution < -0.4 is 5.32 Å². The quantitative estimate of drug-likeness (QED) is 0.889. The SMILES string of the molecule is Cc1noc(C2COCCN2C(=O)NCCN2CCC(C)CC2)n1. The second kappa shape index (κ2) is 7.94. The normalized spacial score (nSPS) is 23.4. The lowest BCUT2D eigenvalue weighted by Gasteiger charge is -2.34. The van der Waals surface area contributed by atoms with Gasteiger partial charge >= 0.3 is 6.03 Å². The van der Waals surface area contributed by atoms with E-state index in [1.54, 1.807) is 11.8 Å². The topological polar surface area (TPSA) is 83.7 Å². The summed E-state index contributed by atoms with van der Waals surface area (Å²) in [6, 6.07) is -0.402. The lowest BCUT2D eigenvalue weighted by Crippen LogP contribution is -2.49. The molecule has 8 nitrogen and oxygen atoms in total. The van der Waals surface area contributed by atoms with Crippen LogP contribution in [-0.4, -0.2) is 71.9 Å². The van der Waals surface area contributed by atoms with Gasteiger partial charge in [-0.15, -0.1) is 0 Å². The maximum Gasteiger partial charge on any atom is 0.318 e. The van der Waals surface area contributed by atoms with Gasteiger partial charge in [-0.3, -0.25) is 0 Å². The van der Waals surface area contributed by atoms with E-state index in [4.69, 9.17) is 9.26 Å². The lowest BCUT2D eigenvalue weighted by molar-refractivity contribution is 0.000414. The molecule has 3 heterocycles. The molecule has 2 aliphatic rings. The van der Waals surface area contributed by atoms with Crippen molar-refractivity contribution in [1.82, 2.24) is 25.3 Å². The van der Waals surface area contributed by atoms with E-state index in [2.05, 4.69) is 27.3 Å². The third-order valence-corrected chi connectivity index (χ3v) is 4.80. The number of carbonyl (C=O) groups excluding carboxylic acids is 1. The van der Waals surface area contributed by atoms with Gasteiger partial charge in [-0.1, -0.05) is 12.1 Å². The van der Waals surface area contributed by atoms with Crippen molar-refractivity contribution in [2.45, 2.75) is 32.7 Å². The predicted molar refractivity (Wildman–Crippen MR) is 87.5 cm³/mol. The second-order valence-corrected chi connectivity index (χ2v) is 6.72. The molecule has 0 aromatic carbocycles. The molecule has 1 unspecified atom stereocenters. The number of hydrogen-bond acceptors (Lipinski definition) is 6. The number of hydrogen-bond donors (Lipinski definition) is 1. The van der Waals surface area contributed by atoms with E-state index in [1.807, 2.05) is 0 Å². The maximum absolute atomic E-state index is 12.5. The Kier molecular flexibility index (Phi) is 5.68. The summed E-state index contributed by atoms with van der Waals surface area (Å²) in [5.41, 5.74) is 0. The number of piperidine rings is 1. The van der Waals surface area contributed by atoms with Crippen LogP contribution in [0.15, 0.2) is 4.52 Å². The summed E-state index contributed by atoms with van der Waals surface area (Å²) in [7, 11) is 0.